The highest BCUT2D eigenvalue weighted by Gasteiger charge is 2.36. The number of fused-ring (bicyclic) bond motifs is 4. The van der Waals surface area contributed by atoms with E-state index in [1.165, 1.54) is 0 Å². The van der Waals surface area contributed by atoms with Gasteiger partial charge in [-0.1, -0.05) is 55.0 Å². The maximum atomic E-state index is 14.3. The number of hydrogen-bond donors (Lipinski definition) is 1. The van der Waals surface area contributed by atoms with Crippen LogP contribution in [-0.2, 0) is 13.0 Å². The summed E-state index contributed by atoms with van der Waals surface area (Å²) in [6, 6.07) is 27.7. The Bertz CT molecular complexity index is 1740. The third-order valence-corrected chi connectivity index (χ3v) is 7.72. The van der Waals surface area contributed by atoms with Crippen molar-refractivity contribution in [1.82, 2.24) is 19.2 Å². The highest BCUT2D eigenvalue weighted by atomic mass is 16.6. The quantitative estimate of drug-likeness (QED) is 0.282. The lowest BCUT2D eigenvalue weighted by atomic mass is 10.00. The molecule has 41 heavy (non-hydrogen) atoms. The highest BCUT2D eigenvalue weighted by Crippen LogP contribution is 2.40. The van der Waals surface area contributed by atoms with Crippen LogP contribution in [0.5, 0.6) is 11.5 Å². The van der Waals surface area contributed by atoms with Gasteiger partial charge < -0.3 is 24.3 Å². The predicted molar refractivity (Wildman–Crippen MR) is 157 cm³/mol. The van der Waals surface area contributed by atoms with Crippen molar-refractivity contribution < 1.29 is 14.3 Å². The number of para-hydroxylation sites is 1. The van der Waals surface area contributed by atoms with Gasteiger partial charge in [0.25, 0.3) is 0 Å². The van der Waals surface area contributed by atoms with Gasteiger partial charge in [0.1, 0.15) is 19.0 Å². The van der Waals surface area contributed by atoms with Gasteiger partial charge in [0.05, 0.1) is 29.7 Å². The number of urea groups is 1. The SMILES string of the molecule is CCc1nn(-c2ccccc2)c2c1CN(C(=O)Nc1ccc3c(c1)OCCO3)[C@@H](c1cccc(C)c1)c1cccn1-2. The standard InChI is InChI=1S/C33H31N5O3/c1-3-27-26-21-37(33(39)34-24-14-15-29-30(20-24)41-18-17-40-29)31(23-10-7-9-22(2)19-23)28-13-8-16-36(28)32(26)38(35-27)25-11-5-4-6-12-25/h4-16,19-20,31H,3,17-18,21H2,1-2H3,(H,34,39)/t31-/m0/s1. The van der Waals surface area contributed by atoms with E-state index >= 15 is 0 Å². The van der Waals surface area contributed by atoms with Gasteiger partial charge in [-0.3, -0.25) is 0 Å². The summed E-state index contributed by atoms with van der Waals surface area (Å²) in [4.78, 5) is 16.2. The molecule has 2 aliphatic heterocycles. The summed E-state index contributed by atoms with van der Waals surface area (Å²) in [7, 11) is 0. The molecule has 7 rings (SSSR count). The maximum Gasteiger partial charge on any atom is 0.322 e. The number of anilines is 1. The largest absolute Gasteiger partial charge is 0.486 e. The van der Waals surface area contributed by atoms with Crippen LogP contribution in [0.2, 0.25) is 0 Å². The summed E-state index contributed by atoms with van der Waals surface area (Å²) < 4.78 is 15.6. The number of benzene rings is 3. The number of amides is 2. The minimum atomic E-state index is -0.330. The molecule has 0 saturated heterocycles. The molecular weight excluding hydrogens is 514 g/mol. The first-order valence-electron chi connectivity index (χ1n) is 14.0. The van der Waals surface area contributed by atoms with E-state index in [0.29, 0.717) is 36.9 Å². The highest BCUT2D eigenvalue weighted by molar-refractivity contribution is 5.90. The van der Waals surface area contributed by atoms with Crippen LogP contribution in [0.15, 0.2) is 91.1 Å². The van der Waals surface area contributed by atoms with Crippen molar-refractivity contribution in [2.75, 3.05) is 18.5 Å². The third-order valence-electron chi connectivity index (χ3n) is 7.72. The summed E-state index contributed by atoms with van der Waals surface area (Å²) in [5, 5.41) is 8.19. The van der Waals surface area contributed by atoms with Crippen LogP contribution in [0.4, 0.5) is 10.5 Å². The van der Waals surface area contributed by atoms with Crippen molar-refractivity contribution in [3.63, 3.8) is 0 Å². The van der Waals surface area contributed by atoms with Crippen molar-refractivity contribution in [3.05, 3.63) is 119 Å². The van der Waals surface area contributed by atoms with E-state index in [0.717, 1.165) is 46.0 Å². The smallest absolute Gasteiger partial charge is 0.322 e. The summed E-state index contributed by atoms with van der Waals surface area (Å²) in [6.07, 6.45) is 2.81. The number of nitrogens with one attached hydrogen (secondary N) is 1. The summed E-state index contributed by atoms with van der Waals surface area (Å²) in [6.45, 7) is 5.58. The van der Waals surface area contributed by atoms with Gasteiger partial charge in [0, 0.05) is 23.5 Å². The molecule has 1 atom stereocenters. The molecule has 1 N–H and O–H groups in total. The number of carbonyl (C=O) groups is 1. The van der Waals surface area contributed by atoms with E-state index in [4.69, 9.17) is 14.6 Å². The lowest BCUT2D eigenvalue weighted by molar-refractivity contribution is 0.171. The Kier molecular flexibility index (Phi) is 6.23. The maximum absolute atomic E-state index is 14.3. The number of carbonyl (C=O) groups excluding carboxylic acids is 1. The third kappa shape index (κ3) is 4.41. The number of rotatable bonds is 4. The van der Waals surface area contributed by atoms with Gasteiger partial charge in [0.2, 0.25) is 0 Å². The van der Waals surface area contributed by atoms with E-state index in [2.05, 4.69) is 72.4 Å². The summed E-state index contributed by atoms with van der Waals surface area (Å²) >= 11 is 0. The second kappa shape index (κ2) is 10.2. The van der Waals surface area contributed by atoms with Gasteiger partial charge in [-0.2, -0.15) is 5.10 Å². The second-order valence-corrected chi connectivity index (χ2v) is 10.4. The predicted octanol–water partition coefficient (Wildman–Crippen LogP) is 6.44. The zero-order chi connectivity index (χ0) is 27.9. The Morgan fingerprint density at radius 1 is 0.951 bits per heavy atom. The molecule has 2 aromatic heterocycles. The van der Waals surface area contributed by atoms with E-state index in [1.54, 1.807) is 0 Å². The molecule has 0 radical (unpaired) electrons. The van der Waals surface area contributed by atoms with Crippen LogP contribution in [0.3, 0.4) is 0 Å². The molecule has 206 valence electrons. The summed E-state index contributed by atoms with van der Waals surface area (Å²) in [5.74, 6) is 2.28. The van der Waals surface area contributed by atoms with Gasteiger partial charge in [-0.15, -0.1) is 0 Å². The molecule has 4 heterocycles. The number of nitrogens with zero attached hydrogens (tertiary/aromatic N) is 4. The molecule has 0 bridgehead atoms. The minimum absolute atomic E-state index is 0.205. The van der Waals surface area contributed by atoms with Crippen LogP contribution in [0.1, 0.15) is 41.0 Å². The molecule has 2 amide bonds. The Balaban J connectivity index is 1.38. The Labute approximate surface area is 238 Å². The van der Waals surface area contributed by atoms with Crippen LogP contribution < -0.4 is 14.8 Å². The molecule has 0 aliphatic carbocycles. The van der Waals surface area contributed by atoms with Crippen molar-refractivity contribution in [2.24, 2.45) is 0 Å². The number of hydrogen-bond acceptors (Lipinski definition) is 4. The van der Waals surface area contributed by atoms with Crippen molar-refractivity contribution in [2.45, 2.75) is 32.9 Å². The van der Waals surface area contributed by atoms with Crippen LogP contribution in [-0.4, -0.2) is 38.5 Å². The van der Waals surface area contributed by atoms with E-state index < -0.39 is 0 Å². The Morgan fingerprint density at radius 3 is 2.59 bits per heavy atom. The number of aryl methyl sites for hydroxylation is 2. The van der Waals surface area contributed by atoms with Crippen LogP contribution in [0, 0.1) is 6.92 Å². The fraction of sp³-hybridized carbons (Fsp3) is 0.212. The molecule has 0 fully saturated rings. The van der Waals surface area contributed by atoms with Gasteiger partial charge >= 0.3 is 6.03 Å². The molecule has 8 nitrogen and oxygen atoms in total. The van der Waals surface area contributed by atoms with E-state index in [-0.39, 0.29) is 12.1 Å². The molecule has 2 aliphatic rings. The zero-order valence-electron chi connectivity index (χ0n) is 23.1. The lowest BCUT2D eigenvalue weighted by Gasteiger charge is -2.31. The van der Waals surface area contributed by atoms with Crippen molar-refractivity contribution in [3.8, 4) is 23.0 Å². The second-order valence-electron chi connectivity index (χ2n) is 10.4. The average Bonchev–Trinajstić information content (AvgIpc) is 3.58. The number of ether oxygens (including phenoxy) is 2. The van der Waals surface area contributed by atoms with E-state index in [1.807, 2.05) is 52.0 Å². The Hall–Kier alpha value is -4.98. The van der Waals surface area contributed by atoms with Crippen LogP contribution in [0.25, 0.3) is 11.5 Å². The fourth-order valence-electron chi connectivity index (χ4n) is 5.86. The monoisotopic (exact) mass is 545 g/mol. The first-order chi connectivity index (χ1) is 20.1. The number of aromatic nitrogens is 3. The van der Waals surface area contributed by atoms with Gasteiger partial charge in [0.15, 0.2) is 11.5 Å². The zero-order valence-corrected chi connectivity index (χ0v) is 23.1. The molecular formula is C33H31N5O3. The average molecular weight is 546 g/mol. The van der Waals surface area contributed by atoms with Gasteiger partial charge in [-0.25, -0.2) is 9.48 Å². The fourth-order valence-corrected chi connectivity index (χ4v) is 5.86. The summed E-state index contributed by atoms with van der Waals surface area (Å²) in [5.41, 5.74) is 6.80. The molecule has 0 unspecified atom stereocenters. The van der Waals surface area contributed by atoms with E-state index in [9.17, 15) is 4.79 Å². The molecule has 0 spiro atoms. The van der Waals surface area contributed by atoms with Gasteiger partial charge in [-0.05, 0) is 55.3 Å². The topological polar surface area (TPSA) is 73.6 Å². The Morgan fingerprint density at radius 2 is 1.78 bits per heavy atom. The molecule has 3 aromatic carbocycles. The first kappa shape index (κ1) is 25.0. The molecule has 0 saturated carbocycles. The minimum Gasteiger partial charge on any atom is -0.486 e. The lowest BCUT2D eigenvalue weighted by Crippen LogP contribution is -2.38. The van der Waals surface area contributed by atoms with Crippen LogP contribution >= 0.6 is 0 Å². The van der Waals surface area contributed by atoms with Crippen molar-refractivity contribution in [1.29, 1.82) is 0 Å². The first-order valence-corrected chi connectivity index (χ1v) is 14.0. The van der Waals surface area contributed by atoms with Crippen molar-refractivity contribution >= 4 is 11.7 Å². The molecule has 8 heteroatoms. The molecule has 5 aromatic rings. The normalized spacial score (nSPS) is 15.6.